The van der Waals surface area contributed by atoms with Crippen molar-refractivity contribution < 1.29 is 5.11 Å². The SMILES string of the molecule is Cc1nccn1CC(C)(CO)NC(C)C. The number of hydrogen-bond donors (Lipinski definition) is 2. The van der Waals surface area contributed by atoms with E-state index in [4.69, 9.17) is 0 Å². The summed E-state index contributed by atoms with van der Waals surface area (Å²) in [4.78, 5) is 4.17. The van der Waals surface area contributed by atoms with Crippen molar-refractivity contribution in [1.29, 1.82) is 0 Å². The van der Waals surface area contributed by atoms with Gasteiger partial charge in [-0.2, -0.15) is 0 Å². The normalized spacial score (nSPS) is 15.6. The minimum Gasteiger partial charge on any atom is -0.394 e. The number of aliphatic hydroxyl groups is 1. The Bertz CT molecular complexity index is 309. The Balaban J connectivity index is 2.72. The van der Waals surface area contributed by atoms with Gasteiger partial charge in [0.25, 0.3) is 0 Å². The van der Waals surface area contributed by atoms with Gasteiger partial charge in [0.2, 0.25) is 0 Å². The van der Waals surface area contributed by atoms with Crippen molar-refractivity contribution in [2.75, 3.05) is 6.61 Å². The van der Waals surface area contributed by atoms with E-state index in [1.165, 1.54) is 0 Å². The van der Waals surface area contributed by atoms with Crippen molar-refractivity contribution in [1.82, 2.24) is 14.9 Å². The van der Waals surface area contributed by atoms with Crippen LogP contribution in [-0.4, -0.2) is 32.8 Å². The van der Waals surface area contributed by atoms with Gasteiger partial charge < -0.3 is 15.0 Å². The molecule has 0 bridgehead atoms. The molecular formula is C11H21N3O. The summed E-state index contributed by atoms with van der Waals surface area (Å²) < 4.78 is 2.05. The molecule has 0 aliphatic carbocycles. The highest BCUT2D eigenvalue weighted by atomic mass is 16.3. The van der Waals surface area contributed by atoms with Gasteiger partial charge in [0.05, 0.1) is 12.1 Å². The molecular weight excluding hydrogens is 190 g/mol. The molecule has 86 valence electrons. The van der Waals surface area contributed by atoms with Crippen LogP contribution in [0.4, 0.5) is 0 Å². The zero-order chi connectivity index (χ0) is 11.5. The van der Waals surface area contributed by atoms with E-state index in [1.54, 1.807) is 6.20 Å². The van der Waals surface area contributed by atoms with Crippen LogP contribution in [0.5, 0.6) is 0 Å². The van der Waals surface area contributed by atoms with Gasteiger partial charge >= 0.3 is 0 Å². The molecule has 0 fully saturated rings. The average Bonchev–Trinajstić information content (AvgIpc) is 2.50. The van der Waals surface area contributed by atoms with E-state index in [-0.39, 0.29) is 12.1 Å². The first-order valence-electron chi connectivity index (χ1n) is 5.33. The Hall–Kier alpha value is -0.870. The van der Waals surface area contributed by atoms with Gasteiger partial charge in [0.1, 0.15) is 5.82 Å². The molecule has 15 heavy (non-hydrogen) atoms. The van der Waals surface area contributed by atoms with Gasteiger partial charge in [-0.05, 0) is 13.8 Å². The zero-order valence-electron chi connectivity index (χ0n) is 9.99. The molecule has 2 N–H and O–H groups in total. The fourth-order valence-corrected chi connectivity index (χ4v) is 1.78. The number of rotatable bonds is 5. The van der Waals surface area contributed by atoms with Crippen LogP contribution in [-0.2, 0) is 6.54 Å². The summed E-state index contributed by atoms with van der Waals surface area (Å²) >= 11 is 0. The van der Waals surface area contributed by atoms with Gasteiger partial charge in [-0.15, -0.1) is 0 Å². The van der Waals surface area contributed by atoms with Gasteiger partial charge in [-0.1, -0.05) is 13.8 Å². The third-order valence-corrected chi connectivity index (χ3v) is 2.43. The van der Waals surface area contributed by atoms with E-state index < -0.39 is 0 Å². The summed E-state index contributed by atoms with van der Waals surface area (Å²) in [5, 5.41) is 12.8. The van der Waals surface area contributed by atoms with Crippen molar-refractivity contribution >= 4 is 0 Å². The molecule has 0 aliphatic heterocycles. The zero-order valence-corrected chi connectivity index (χ0v) is 9.99. The molecule has 1 aromatic heterocycles. The highest BCUT2D eigenvalue weighted by Crippen LogP contribution is 2.10. The maximum absolute atomic E-state index is 9.43. The lowest BCUT2D eigenvalue weighted by Gasteiger charge is -2.31. The molecule has 0 spiro atoms. The molecule has 0 aliphatic rings. The van der Waals surface area contributed by atoms with Crippen LogP contribution >= 0.6 is 0 Å². The van der Waals surface area contributed by atoms with E-state index in [0.29, 0.717) is 6.04 Å². The van der Waals surface area contributed by atoms with Crippen LogP contribution in [0, 0.1) is 6.92 Å². The molecule has 1 unspecified atom stereocenters. The molecule has 0 aromatic carbocycles. The molecule has 1 aromatic rings. The Labute approximate surface area is 91.3 Å². The maximum Gasteiger partial charge on any atom is 0.105 e. The Morgan fingerprint density at radius 2 is 2.27 bits per heavy atom. The summed E-state index contributed by atoms with van der Waals surface area (Å²) in [5.74, 6) is 0.972. The van der Waals surface area contributed by atoms with E-state index in [9.17, 15) is 5.11 Å². The van der Waals surface area contributed by atoms with Crippen molar-refractivity contribution in [3.63, 3.8) is 0 Å². The second-order valence-electron chi connectivity index (χ2n) is 4.62. The molecule has 0 saturated heterocycles. The number of aryl methyl sites for hydroxylation is 1. The minimum absolute atomic E-state index is 0.114. The second-order valence-corrected chi connectivity index (χ2v) is 4.62. The third kappa shape index (κ3) is 3.32. The predicted octanol–water partition coefficient (Wildman–Crippen LogP) is 0.941. The molecule has 0 saturated carbocycles. The first kappa shape index (κ1) is 12.2. The molecule has 1 heterocycles. The lowest BCUT2D eigenvalue weighted by Crippen LogP contribution is -2.52. The summed E-state index contributed by atoms with van der Waals surface area (Å²) in [7, 11) is 0. The number of imidazole rings is 1. The molecule has 4 nitrogen and oxygen atoms in total. The number of aromatic nitrogens is 2. The predicted molar refractivity (Wildman–Crippen MR) is 60.7 cm³/mol. The minimum atomic E-state index is -0.292. The average molecular weight is 211 g/mol. The maximum atomic E-state index is 9.43. The van der Waals surface area contributed by atoms with Gasteiger partial charge in [-0.25, -0.2) is 4.98 Å². The van der Waals surface area contributed by atoms with E-state index >= 15 is 0 Å². The fraction of sp³-hybridized carbons (Fsp3) is 0.727. The van der Waals surface area contributed by atoms with Crippen molar-refractivity contribution in [3.05, 3.63) is 18.2 Å². The number of hydrogen-bond acceptors (Lipinski definition) is 3. The van der Waals surface area contributed by atoms with Gasteiger partial charge in [-0.3, -0.25) is 0 Å². The Kier molecular flexibility index (Phi) is 3.88. The monoisotopic (exact) mass is 211 g/mol. The summed E-state index contributed by atoms with van der Waals surface area (Å²) in [6, 6.07) is 0.353. The number of nitrogens with one attached hydrogen (secondary N) is 1. The number of aliphatic hydroxyl groups excluding tert-OH is 1. The molecule has 4 heteroatoms. The standard InChI is InChI=1S/C11H21N3O/c1-9(2)13-11(4,8-15)7-14-6-5-12-10(14)3/h5-6,9,13,15H,7-8H2,1-4H3. The second kappa shape index (κ2) is 4.77. The summed E-state index contributed by atoms with van der Waals surface area (Å²) in [5.41, 5.74) is -0.292. The summed E-state index contributed by atoms with van der Waals surface area (Å²) in [6.07, 6.45) is 3.72. The fourth-order valence-electron chi connectivity index (χ4n) is 1.78. The topological polar surface area (TPSA) is 50.1 Å². The van der Waals surface area contributed by atoms with Gasteiger partial charge in [0.15, 0.2) is 0 Å². The molecule has 0 amide bonds. The Morgan fingerprint density at radius 1 is 1.60 bits per heavy atom. The first-order valence-corrected chi connectivity index (χ1v) is 5.33. The van der Waals surface area contributed by atoms with Crippen LogP contribution in [0.15, 0.2) is 12.4 Å². The molecule has 0 radical (unpaired) electrons. The molecule has 1 atom stereocenters. The lowest BCUT2D eigenvalue weighted by atomic mass is 10.0. The van der Waals surface area contributed by atoms with E-state index in [1.807, 2.05) is 24.6 Å². The first-order chi connectivity index (χ1) is 6.97. The Morgan fingerprint density at radius 3 is 2.67 bits per heavy atom. The van der Waals surface area contributed by atoms with E-state index in [0.717, 1.165) is 12.4 Å². The van der Waals surface area contributed by atoms with Crippen molar-refractivity contribution in [2.24, 2.45) is 0 Å². The summed E-state index contributed by atoms with van der Waals surface area (Å²) in [6.45, 7) is 8.99. The van der Waals surface area contributed by atoms with Crippen LogP contribution in [0.3, 0.4) is 0 Å². The van der Waals surface area contributed by atoms with Crippen LogP contribution < -0.4 is 5.32 Å². The van der Waals surface area contributed by atoms with Crippen LogP contribution in [0.25, 0.3) is 0 Å². The third-order valence-electron chi connectivity index (χ3n) is 2.43. The van der Waals surface area contributed by atoms with Crippen LogP contribution in [0.2, 0.25) is 0 Å². The van der Waals surface area contributed by atoms with Crippen molar-refractivity contribution in [3.8, 4) is 0 Å². The van der Waals surface area contributed by atoms with Crippen LogP contribution in [0.1, 0.15) is 26.6 Å². The van der Waals surface area contributed by atoms with Gasteiger partial charge in [0, 0.05) is 25.0 Å². The molecule has 1 rings (SSSR count). The number of nitrogens with zero attached hydrogens (tertiary/aromatic N) is 2. The highest BCUT2D eigenvalue weighted by molar-refractivity contribution is 4.94. The quantitative estimate of drug-likeness (QED) is 0.762. The van der Waals surface area contributed by atoms with E-state index in [2.05, 4.69) is 24.1 Å². The van der Waals surface area contributed by atoms with Crippen molar-refractivity contribution in [2.45, 2.75) is 45.8 Å². The smallest absolute Gasteiger partial charge is 0.105 e. The lowest BCUT2D eigenvalue weighted by molar-refractivity contribution is 0.148. The highest BCUT2D eigenvalue weighted by Gasteiger charge is 2.24. The largest absolute Gasteiger partial charge is 0.394 e.